The molecule has 1 amide bonds. The highest BCUT2D eigenvalue weighted by Gasteiger charge is 2.22. The van der Waals surface area contributed by atoms with Crippen LogP contribution in [0.5, 0.6) is 0 Å². The van der Waals surface area contributed by atoms with Crippen LogP contribution < -0.4 is 10.5 Å². The molecule has 3 N–H and O–H groups in total. The Hall–Kier alpha value is -2.59. The van der Waals surface area contributed by atoms with Gasteiger partial charge in [-0.05, 0) is 62.1 Å². The molecule has 2 aromatic heterocycles. The molecule has 0 saturated carbocycles. The van der Waals surface area contributed by atoms with E-state index in [0.29, 0.717) is 29.1 Å². The predicted molar refractivity (Wildman–Crippen MR) is 138 cm³/mol. The van der Waals surface area contributed by atoms with Crippen molar-refractivity contribution in [2.45, 2.75) is 42.9 Å². The maximum absolute atomic E-state index is 13.9. The maximum atomic E-state index is 13.9. The third kappa shape index (κ3) is 9.13. The lowest BCUT2D eigenvalue weighted by Gasteiger charge is -2.12. The van der Waals surface area contributed by atoms with Crippen molar-refractivity contribution >= 4 is 37.3 Å². The van der Waals surface area contributed by atoms with E-state index in [1.165, 1.54) is 31.5 Å². The number of sulfonamides is 1. The van der Waals surface area contributed by atoms with Gasteiger partial charge in [0.2, 0.25) is 16.4 Å². The Morgan fingerprint density at radius 2 is 1.72 bits per heavy atom. The summed E-state index contributed by atoms with van der Waals surface area (Å²) in [4.78, 5) is 21.1. The number of hydrogen-bond acceptors (Lipinski definition) is 6. The summed E-state index contributed by atoms with van der Waals surface area (Å²) >= 11 is 6.28. The number of aromatic nitrogens is 3. The monoisotopic (exact) mass is 557 g/mol. The molecule has 0 radical (unpaired) electrons. The minimum atomic E-state index is -3.65. The number of hydrogen-bond donors (Lipinski definition) is 2. The van der Waals surface area contributed by atoms with Gasteiger partial charge in [0.1, 0.15) is 5.82 Å². The van der Waals surface area contributed by atoms with Gasteiger partial charge in [0.15, 0.2) is 11.2 Å². The standard InChI is InChI=1S/C22H24ClF2N4O2PS.CH3NO/c1-22(25,32)21-27-12-16(13-28-21)20-11-15(19(23)14-26-20)5-3-2-4-10-29-33(30,31)18-8-6-17(24)7-9-18;2-1-3/h6-9,11-14,29H,2-5,10,32H2,1H3;1H,(H2,2,3). The molecule has 3 aromatic rings. The van der Waals surface area contributed by atoms with E-state index in [4.69, 9.17) is 16.4 Å². The highest BCUT2D eigenvalue weighted by molar-refractivity contribution is 7.89. The van der Waals surface area contributed by atoms with Crippen molar-refractivity contribution in [2.75, 3.05) is 6.54 Å². The van der Waals surface area contributed by atoms with Crippen LogP contribution in [-0.2, 0) is 26.6 Å². The average molecular weight is 558 g/mol. The fourth-order valence-electron chi connectivity index (χ4n) is 3.06. The molecule has 0 bridgehead atoms. The first-order chi connectivity index (χ1) is 17.0. The SMILES string of the molecule is CC(F)(P)c1ncc(-c2cc(CCCCCNS(=O)(=O)c3ccc(F)cc3)c(Cl)cn2)cn1.NC=O. The third-order valence-electron chi connectivity index (χ3n) is 4.86. The Balaban J connectivity index is 0.00000145. The molecule has 2 heterocycles. The first-order valence-corrected chi connectivity index (χ1v) is 13.3. The summed E-state index contributed by atoms with van der Waals surface area (Å²) in [5.74, 6) is -0.417. The lowest BCUT2D eigenvalue weighted by Crippen LogP contribution is -2.24. The Labute approximate surface area is 216 Å². The Bertz CT molecular complexity index is 1240. The van der Waals surface area contributed by atoms with Gasteiger partial charge in [0.05, 0.1) is 15.6 Å². The third-order valence-corrected chi connectivity index (χ3v) is 6.93. The van der Waals surface area contributed by atoms with Crippen LogP contribution in [-0.4, -0.2) is 36.3 Å². The van der Waals surface area contributed by atoms with Crippen molar-refractivity contribution in [2.24, 2.45) is 5.73 Å². The molecule has 0 aliphatic heterocycles. The van der Waals surface area contributed by atoms with Crippen LogP contribution in [0.3, 0.4) is 0 Å². The first kappa shape index (κ1) is 29.6. The number of pyridine rings is 1. The fourth-order valence-corrected chi connectivity index (χ4v) is 4.48. The number of nitrogens with zero attached hydrogens (tertiary/aromatic N) is 3. The minimum Gasteiger partial charge on any atom is -0.372 e. The van der Waals surface area contributed by atoms with Crippen LogP contribution in [0, 0.1) is 5.82 Å². The fraction of sp³-hybridized carbons (Fsp3) is 0.304. The van der Waals surface area contributed by atoms with Crippen molar-refractivity contribution in [1.29, 1.82) is 0 Å². The number of aryl methyl sites for hydroxylation is 1. The van der Waals surface area contributed by atoms with E-state index in [1.54, 1.807) is 6.20 Å². The molecular weight excluding hydrogens is 531 g/mol. The molecule has 13 heteroatoms. The largest absolute Gasteiger partial charge is 0.372 e. The van der Waals surface area contributed by atoms with Gasteiger partial charge < -0.3 is 5.73 Å². The molecule has 0 aliphatic carbocycles. The Kier molecular flexibility index (Phi) is 11.2. The lowest BCUT2D eigenvalue weighted by atomic mass is 10.1. The zero-order valence-electron chi connectivity index (χ0n) is 19.5. The van der Waals surface area contributed by atoms with Crippen molar-refractivity contribution < 1.29 is 22.0 Å². The quantitative estimate of drug-likeness (QED) is 0.219. The topological polar surface area (TPSA) is 128 Å². The van der Waals surface area contributed by atoms with Gasteiger partial charge >= 0.3 is 0 Å². The highest BCUT2D eigenvalue weighted by atomic mass is 35.5. The Morgan fingerprint density at radius 3 is 2.31 bits per heavy atom. The van der Waals surface area contributed by atoms with Crippen LogP contribution in [0.25, 0.3) is 11.3 Å². The number of nitrogens with two attached hydrogens (primary N) is 1. The number of carbonyl (C=O) groups is 1. The second-order valence-corrected chi connectivity index (χ2v) is 11.1. The van der Waals surface area contributed by atoms with E-state index in [9.17, 15) is 17.2 Å². The molecular formula is C23H27ClF2N5O3PS. The van der Waals surface area contributed by atoms with Crippen LogP contribution in [0.15, 0.2) is 53.8 Å². The van der Waals surface area contributed by atoms with Gasteiger partial charge in [-0.2, -0.15) is 0 Å². The number of halogens is 3. The molecule has 2 unspecified atom stereocenters. The van der Waals surface area contributed by atoms with Gasteiger partial charge in [-0.3, -0.25) is 9.78 Å². The highest BCUT2D eigenvalue weighted by Crippen LogP contribution is 2.30. The zero-order valence-corrected chi connectivity index (χ0v) is 22.2. The summed E-state index contributed by atoms with van der Waals surface area (Å²) in [6, 6.07) is 6.55. The predicted octanol–water partition coefficient (Wildman–Crippen LogP) is 4.14. The number of rotatable bonds is 10. The molecule has 0 saturated heterocycles. The van der Waals surface area contributed by atoms with Crippen molar-refractivity contribution in [3.63, 3.8) is 0 Å². The number of alkyl halides is 1. The normalized spacial score (nSPS) is 12.8. The van der Waals surface area contributed by atoms with Crippen molar-refractivity contribution in [1.82, 2.24) is 19.7 Å². The number of carbonyl (C=O) groups excluding carboxylic acids is 1. The van der Waals surface area contributed by atoms with Crippen molar-refractivity contribution in [3.8, 4) is 11.3 Å². The Morgan fingerprint density at radius 1 is 1.11 bits per heavy atom. The minimum absolute atomic E-state index is 0.0332. The first-order valence-electron chi connectivity index (χ1n) is 10.8. The van der Waals surface area contributed by atoms with E-state index in [2.05, 4.69) is 34.6 Å². The molecule has 0 spiro atoms. The number of benzene rings is 1. The van der Waals surface area contributed by atoms with Crippen LogP contribution in [0.1, 0.15) is 37.6 Å². The summed E-state index contributed by atoms with van der Waals surface area (Å²) in [5, 5.41) is -1.17. The van der Waals surface area contributed by atoms with Crippen LogP contribution in [0.4, 0.5) is 8.78 Å². The van der Waals surface area contributed by atoms with E-state index < -0.39 is 21.3 Å². The summed E-state index contributed by atoms with van der Waals surface area (Å²) in [6.45, 7) is 1.64. The van der Waals surface area contributed by atoms with Crippen LogP contribution in [0.2, 0.25) is 5.02 Å². The van der Waals surface area contributed by atoms with Gasteiger partial charge in [-0.25, -0.2) is 31.9 Å². The summed E-state index contributed by atoms with van der Waals surface area (Å²) in [5.41, 5.74) is 6.36. The van der Waals surface area contributed by atoms with Gasteiger partial charge in [0, 0.05) is 30.7 Å². The molecule has 194 valence electrons. The molecule has 8 nitrogen and oxygen atoms in total. The molecule has 2 atom stereocenters. The molecule has 1 aromatic carbocycles. The molecule has 0 fully saturated rings. The van der Waals surface area contributed by atoms with Crippen molar-refractivity contribution in [3.05, 3.63) is 71.2 Å². The van der Waals surface area contributed by atoms with Gasteiger partial charge in [-0.1, -0.05) is 27.3 Å². The lowest BCUT2D eigenvalue weighted by molar-refractivity contribution is -0.106. The molecule has 36 heavy (non-hydrogen) atoms. The maximum Gasteiger partial charge on any atom is 0.240 e. The number of primary amides is 1. The van der Waals surface area contributed by atoms with Crippen LogP contribution >= 0.6 is 20.8 Å². The molecule has 3 rings (SSSR count). The number of nitrogens with one attached hydrogen (secondary N) is 1. The molecule has 0 aliphatic rings. The summed E-state index contributed by atoms with van der Waals surface area (Å²) in [7, 11) is -1.60. The van der Waals surface area contributed by atoms with E-state index in [-0.39, 0.29) is 23.7 Å². The zero-order chi connectivity index (χ0) is 26.8. The van der Waals surface area contributed by atoms with Gasteiger partial charge in [-0.15, -0.1) is 0 Å². The average Bonchev–Trinajstić information content (AvgIpc) is 2.82. The summed E-state index contributed by atoms with van der Waals surface area (Å²) in [6.07, 6.45) is 7.76. The second-order valence-electron chi connectivity index (χ2n) is 7.83. The number of unbranched alkanes of at least 4 members (excludes halogenated alkanes) is 2. The number of amides is 1. The van der Waals surface area contributed by atoms with E-state index >= 15 is 0 Å². The van der Waals surface area contributed by atoms with E-state index in [0.717, 1.165) is 30.5 Å². The van der Waals surface area contributed by atoms with E-state index in [1.807, 2.05) is 6.07 Å². The summed E-state index contributed by atoms with van der Waals surface area (Å²) < 4.78 is 53.8. The second kappa shape index (κ2) is 13.6. The smallest absolute Gasteiger partial charge is 0.240 e. The van der Waals surface area contributed by atoms with Gasteiger partial charge in [0.25, 0.3) is 0 Å².